The Balaban J connectivity index is 2.76. The van der Waals surface area contributed by atoms with E-state index in [2.05, 4.69) is 9.28 Å². The number of aromatic nitrogens is 2. The Labute approximate surface area is 140 Å². The van der Waals surface area contributed by atoms with Crippen LogP contribution < -0.4 is 4.18 Å². The molecule has 0 aliphatic rings. The molecule has 140 valence electrons. The summed E-state index contributed by atoms with van der Waals surface area (Å²) in [5.41, 5.74) is -4.99. The highest BCUT2D eigenvalue weighted by molar-refractivity contribution is 7.87. The summed E-state index contributed by atoms with van der Waals surface area (Å²) in [5, 5.41) is 4.10. The summed E-state index contributed by atoms with van der Waals surface area (Å²) < 4.78 is 70.5. The van der Waals surface area contributed by atoms with Gasteiger partial charge in [0.05, 0.1) is 5.69 Å². The minimum absolute atomic E-state index is 0.207. The van der Waals surface area contributed by atoms with E-state index in [1.54, 1.807) is 0 Å². The summed E-state index contributed by atoms with van der Waals surface area (Å²) in [6.07, 6.45) is 3.66. The van der Waals surface area contributed by atoms with Crippen molar-refractivity contribution in [1.82, 2.24) is 9.78 Å². The van der Waals surface area contributed by atoms with Gasteiger partial charge < -0.3 is 8.92 Å². The van der Waals surface area contributed by atoms with E-state index in [1.807, 2.05) is 13.8 Å². The molecule has 24 heavy (non-hydrogen) atoms. The standard InChI is InChI=1S/C14H23F3N2O4S/c1-3-5-9-22-10-6-8-19-13(11-12(18-19)7-4-2)23-24(20,21)14(15,16)17/h11H,3-10H2,1-2H3. The summed E-state index contributed by atoms with van der Waals surface area (Å²) in [6, 6.07) is 1.23. The van der Waals surface area contributed by atoms with Crippen LogP contribution in [0.15, 0.2) is 6.07 Å². The zero-order chi connectivity index (χ0) is 18.2. The Hall–Kier alpha value is -1.29. The lowest BCUT2D eigenvalue weighted by atomic mass is 10.3. The SMILES string of the molecule is CCCCOCCCn1nc(CCC)cc1OS(=O)(=O)C(F)(F)F. The molecule has 6 nitrogen and oxygen atoms in total. The van der Waals surface area contributed by atoms with E-state index in [0.29, 0.717) is 31.7 Å². The second-order valence-corrected chi connectivity index (χ2v) is 6.79. The number of alkyl halides is 3. The van der Waals surface area contributed by atoms with Crippen molar-refractivity contribution in [3.05, 3.63) is 11.8 Å². The molecule has 0 saturated heterocycles. The van der Waals surface area contributed by atoms with Crippen LogP contribution in [0.1, 0.15) is 45.2 Å². The van der Waals surface area contributed by atoms with Crippen molar-refractivity contribution in [1.29, 1.82) is 0 Å². The van der Waals surface area contributed by atoms with Crippen molar-refractivity contribution in [2.45, 2.75) is 58.0 Å². The Kier molecular flexibility index (Phi) is 8.01. The fourth-order valence-corrected chi connectivity index (χ4v) is 2.33. The number of ether oxygens (including phenoxy) is 1. The molecule has 0 fully saturated rings. The summed E-state index contributed by atoms with van der Waals surface area (Å²) in [6.45, 7) is 5.15. The number of halogens is 3. The highest BCUT2D eigenvalue weighted by atomic mass is 32.2. The average molecular weight is 372 g/mol. The fraction of sp³-hybridized carbons (Fsp3) is 0.786. The third kappa shape index (κ3) is 6.31. The quantitative estimate of drug-likeness (QED) is 0.339. The topological polar surface area (TPSA) is 70.4 Å². The molecule has 0 saturated carbocycles. The first-order valence-corrected chi connectivity index (χ1v) is 9.27. The number of nitrogens with zero attached hydrogens (tertiary/aromatic N) is 2. The van der Waals surface area contributed by atoms with Crippen molar-refractivity contribution >= 4 is 10.1 Å². The number of hydrogen-bond donors (Lipinski definition) is 0. The van der Waals surface area contributed by atoms with Crippen LogP contribution in [0, 0.1) is 0 Å². The molecule has 0 spiro atoms. The van der Waals surface area contributed by atoms with Gasteiger partial charge in [0.2, 0.25) is 5.88 Å². The van der Waals surface area contributed by atoms with E-state index in [1.165, 1.54) is 6.07 Å². The molecule has 0 N–H and O–H groups in total. The molecule has 0 atom stereocenters. The zero-order valence-corrected chi connectivity index (χ0v) is 14.6. The molecule has 0 amide bonds. The van der Waals surface area contributed by atoms with E-state index in [9.17, 15) is 21.6 Å². The minimum atomic E-state index is -5.71. The lowest BCUT2D eigenvalue weighted by Crippen LogP contribution is -2.29. The lowest BCUT2D eigenvalue weighted by molar-refractivity contribution is -0.0502. The molecule has 0 unspecified atom stereocenters. The van der Waals surface area contributed by atoms with Gasteiger partial charge in [0, 0.05) is 25.8 Å². The van der Waals surface area contributed by atoms with E-state index < -0.39 is 21.5 Å². The van der Waals surface area contributed by atoms with Gasteiger partial charge in [-0.1, -0.05) is 26.7 Å². The Morgan fingerprint density at radius 1 is 1.17 bits per heavy atom. The van der Waals surface area contributed by atoms with Crippen LogP contribution in [0.2, 0.25) is 0 Å². The third-order valence-corrected chi connectivity index (χ3v) is 4.04. The van der Waals surface area contributed by atoms with E-state index in [-0.39, 0.29) is 6.54 Å². The molecule has 0 bridgehead atoms. The number of unbranched alkanes of at least 4 members (excludes halogenated alkanes) is 1. The van der Waals surface area contributed by atoms with Gasteiger partial charge in [0.1, 0.15) is 0 Å². The maximum atomic E-state index is 12.5. The highest BCUT2D eigenvalue weighted by Crippen LogP contribution is 2.27. The van der Waals surface area contributed by atoms with Gasteiger partial charge in [-0.25, -0.2) is 4.68 Å². The Morgan fingerprint density at radius 2 is 1.83 bits per heavy atom. The van der Waals surface area contributed by atoms with Crippen LogP contribution in [-0.2, 0) is 27.8 Å². The minimum Gasteiger partial charge on any atom is -0.381 e. The van der Waals surface area contributed by atoms with Crippen molar-refractivity contribution in [3.8, 4) is 5.88 Å². The summed E-state index contributed by atoms with van der Waals surface area (Å²) in [4.78, 5) is 0. The number of hydrogen-bond acceptors (Lipinski definition) is 5. The van der Waals surface area contributed by atoms with Gasteiger partial charge >= 0.3 is 15.6 Å². The predicted octanol–water partition coefficient (Wildman–Crippen LogP) is 3.27. The Bertz CT molecular complexity index is 600. The van der Waals surface area contributed by atoms with Crippen molar-refractivity contribution in [2.24, 2.45) is 0 Å². The molecule has 0 radical (unpaired) electrons. The largest absolute Gasteiger partial charge is 0.534 e. The van der Waals surface area contributed by atoms with Gasteiger partial charge in [0.25, 0.3) is 0 Å². The van der Waals surface area contributed by atoms with Gasteiger partial charge in [0.15, 0.2) is 0 Å². The normalized spacial score (nSPS) is 12.5. The molecule has 0 aliphatic heterocycles. The molecule has 0 aliphatic carbocycles. The van der Waals surface area contributed by atoms with E-state index in [4.69, 9.17) is 4.74 Å². The van der Waals surface area contributed by atoms with Crippen molar-refractivity contribution < 1.29 is 30.5 Å². The molecule has 1 rings (SSSR count). The zero-order valence-electron chi connectivity index (χ0n) is 13.8. The predicted molar refractivity (Wildman–Crippen MR) is 82.2 cm³/mol. The fourth-order valence-electron chi connectivity index (χ4n) is 1.88. The summed E-state index contributed by atoms with van der Waals surface area (Å²) in [7, 11) is -5.71. The van der Waals surface area contributed by atoms with Gasteiger partial charge in [-0.05, 0) is 19.3 Å². The van der Waals surface area contributed by atoms with Crippen LogP contribution in [0.25, 0.3) is 0 Å². The number of aryl methyl sites for hydroxylation is 2. The van der Waals surface area contributed by atoms with Gasteiger partial charge in [-0.3, -0.25) is 0 Å². The van der Waals surface area contributed by atoms with E-state index >= 15 is 0 Å². The van der Waals surface area contributed by atoms with E-state index in [0.717, 1.165) is 23.9 Å². The van der Waals surface area contributed by atoms with Crippen LogP contribution in [0.3, 0.4) is 0 Å². The monoisotopic (exact) mass is 372 g/mol. The average Bonchev–Trinajstić information content (AvgIpc) is 2.83. The first-order valence-electron chi connectivity index (χ1n) is 7.86. The molecule has 0 aromatic carbocycles. The molecule has 1 aromatic rings. The molecule has 1 heterocycles. The second-order valence-electron chi connectivity index (χ2n) is 5.25. The van der Waals surface area contributed by atoms with Crippen LogP contribution in [-0.4, -0.2) is 36.9 Å². The molecular formula is C14H23F3N2O4S. The van der Waals surface area contributed by atoms with Crippen molar-refractivity contribution in [2.75, 3.05) is 13.2 Å². The van der Waals surface area contributed by atoms with Crippen LogP contribution in [0.4, 0.5) is 13.2 Å². The van der Waals surface area contributed by atoms with Crippen LogP contribution in [0.5, 0.6) is 5.88 Å². The summed E-state index contributed by atoms with van der Waals surface area (Å²) in [5.74, 6) is -0.427. The van der Waals surface area contributed by atoms with Gasteiger partial charge in [-0.15, -0.1) is 0 Å². The maximum absolute atomic E-state index is 12.5. The van der Waals surface area contributed by atoms with Gasteiger partial charge in [-0.2, -0.15) is 26.7 Å². The number of rotatable bonds is 11. The first kappa shape index (κ1) is 20.8. The maximum Gasteiger partial charge on any atom is 0.534 e. The molecule has 10 heteroatoms. The third-order valence-electron chi connectivity index (χ3n) is 3.08. The molecular weight excluding hydrogens is 349 g/mol. The lowest BCUT2D eigenvalue weighted by Gasteiger charge is -2.11. The summed E-state index contributed by atoms with van der Waals surface area (Å²) >= 11 is 0. The highest BCUT2D eigenvalue weighted by Gasteiger charge is 2.49. The van der Waals surface area contributed by atoms with Crippen molar-refractivity contribution in [3.63, 3.8) is 0 Å². The smallest absolute Gasteiger partial charge is 0.381 e. The Morgan fingerprint density at radius 3 is 2.42 bits per heavy atom. The second kappa shape index (κ2) is 9.26. The first-order chi connectivity index (χ1) is 11.2. The van der Waals surface area contributed by atoms with Crippen LogP contribution >= 0.6 is 0 Å². The molecule has 1 aromatic heterocycles.